The molecular weight excluding hydrogens is 162 g/mol. The molecule has 0 atom stereocenters. The van der Waals surface area contributed by atoms with Gasteiger partial charge in [0.25, 0.3) is 0 Å². The van der Waals surface area contributed by atoms with Crippen molar-refractivity contribution >= 4 is 11.6 Å². The van der Waals surface area contributed by atoms with Gasteiger partial charge in [0.05, 0.1) is 0 Å². The first kappa shape index (κ1) is 9.78. The Balaban J connectivity index is 3.12. The molecule has 0 unspecified atom stereocenters. The molecule has 0 saturated carbocycles. The van der Waals surface area contributed by atoms with E-state index in [4.69, 9.17) is 0 Å². The number of aryl methyl sites for hydroxylation is 2. The molecule has 1 rings (SSSR count). The molecule has 13 heavy (non-hydrogen) atoms. The summed E-state index contributed by atoms with van der Waals surface area (Å²) in [5.41, 5.74) is 4.45. The van der Waals surface area contributed by atoms with E-state index >= 15 is 0 Å². The molecule has 0 spiro atoms. The first-order valence-corrected chi connectivity index (χ1v) is 4.36. The van der Waals surface area contributed by atoms with Crippen LogP contribution in [0.4, 0.5) is 5.69 Å². The monoisotopic (exact) mass is 177 g/mol. The van der Waals surface area contributed by atoms with Crippen LogP contribution in [-0.2, 0) is 4.79 Å². The lowest BCUT2D eigenvalue weighted by Gasteiger charge is -2.10. The third kappa shape index (κ3) is 2.31. The highest BCUT2D eigenvalue weighted by atomic mass is 16.1. The van der Waals surface area contributed by atoms with Gasteiger partial charge in [-0.25, -0.2) is 0 Å². The average molecular weight is 177 g/mol. The highest BCUT2D eigenvalue weighted by molar-refractivity contribution is 5.89. The summed E-state index contributed by atoms with van der Waals surface area (Å²) in [6.07, 6.45) is 0. The third-order valence-electron chi connectivity index (χ3n) is 2.12. The second-order valence-electron chi connectivity index (χ2n) is 3.44. The SMILES string of the molecule is CC(=O)Nc1cc(C)cc(C)c1C. The molecule has 2 heteroatoms. The maximum Gasteiger partial charge on any atom is 0.221 e. The predicted octanol–water partition coefficient (Wildman–Crippen LogP) is 2.57. The molecule has 2 nitrogen and oxygen atoms in total. The van der Waals surface area contributed by atoms with Gasteiger partial charge in [-0.2, -0.15) is 0 Å². The first-order chi connectivity index (χ1) is 6.00. The maximum absolute atomic E-state index is 10.9. The summed E-state index contributed by atoms with van der Waals surface area (Å²) < 4.78 is 0. The number of rotatable bonds is 1. The minimum Gasteiger partial charge on any atom is -0.326 e. The topological polar surface area (TPSA) is 29.1 Å². The summed E-state index contributed by atoms with van der Waals surface area (Å²) in [6, 6.07) is 4.10. The largest absolute Gasteiger partial charge is 0.326 e. The van der Waals surface area contributed by atoms with E-state index in [1.54, 1.807) is 0 Å². The smallest absolute Gasteiger partial charge is 0.221 e. The minimum atomic E-state index is -0.0203. The van der Waals surface area contributed by atoms with Crippen LogP contribution in [-0.4, -0.2) is 5.91 Å². The van der Waals surface area contributed by atoms with Gasteiger partial charge in [0.1, 0.15) is 0 Å². The zero-order valence-electron chi connectivity index (χ0n) is 8.56. The van der Waals surface area contributed by atoms with Gasteiger partial charge < -0.3 is 5.32 Å². The van der Waals surface area contributed by atoms with Crippen LogP contribution in [0.2, 0.25) is 0 Å². The second kappa shape index (κ2) is 3.60. The summed E-state index contributed by atoms with van der Waals surface area (Å²) in [7, 11) is 0. The van der Waals surface area contributed by atoms with Crippen LogP contribution in [0.25, 0.3) is 0 Å². The lowest BCUT2D eigenvalue weighted by Crippen LogP contribution is -2.07. The number of anilines is 1. The molecule has 0 aliphatic heterocycles. The Kier molecular flexibility index (Phi) is 2.71. The number of nitrogens with one attached hydrogen (secondary N) is 1. The van der Waals surface area contributed by atoms with Crippen molar-refractivity contribution in [2.24, 2.45) is 0 Å². The van der Waals surface area contributed by atoms with Crippen LogP contribution in [0.15, 0.2) is 12.1 Å². The number of hydrogen-bond acceptors (Lipinski definition) is 1. The molecular formula is C11H15NO. The van der Waals surface area contributed by atoms with Crippen molar-refractivity contribution in [3.8, 4) is 0 Å². The van der Waals surface area contributed by atoms with Gasteiger partial charge >= 0.3 is 0 Å². The average Bonchev–Trinajstić information content (AvgIpc) is 1.98. The van der Waals surface area contributed by atoms with Gasteiger partial charge in [0, 0.05) is 12.6 Å². The number of hydrogen-bond donors (Lipinski definition) is 1. The molecule has 0 heterocycles. The molecule has 1 aromatic carbocycles. The molecule has 0 aliphatic carbocycles. The quantitative estimate of drug-likeness (QED) is 0.701. The van der Waals surface area contributed by atoms with Crippen molar-refractivity contribution in [3.63, 3.8) is 0 Å². The molecule has 1 amide bonds. The van der Waals surface area contributed by atoms with E-state index in [0.717, 1.165) is 11.3 Å². The van der Waals surface area contributed by atoms with Gasteiger partial charge in [-0.3, -0.25) is 4.79 Å². The fourth-order valence-corrected chi connectivity index (χ4v) is 1.36. The van der Waals surface area contributed by atoms with Gasteiger partial charge in [-0.1, -0.05) is 6.07 Å². The van der Waals surface area contributed by atoms with Crippen molar-refractivity contribution in [2.75, 3.05) is 5.32 Å². The van der Waals surface area contributed by atoms with E-state index in [1.165, 1.54) is 18.1 Å². The van der Waals surface area contributed by atoms with E-state index in [2.05, 4.69) is 11.4 Å². The number of carbonyl (C=O) groups is 1. The van der Waals surface area contributed by atoms with E-state index in [0.29, 0.717) is 0 Å². The molecule has 0 aliphatic rings. The van der Waals surface area contributed by atoms with E-state index < -0.39 is 0 Å². The lowest BCUT2D eigenvalue weighted by molar-refractivity contribution is -0.114. The molecule has 0 radical (unpaired) electrons. The van der Waals surface area contributed by atoms with E-state index in [9.17, 15) is 4.79 Å². The summed E-state index contributed by atoms with van der Waals surface area (Å²) >= 11 is 0. The van der Waals surface area contributed by atoms with Gasteiger partial charge in [-0.05, 0) is 43.5 Å². The number of benzene rings is 1. The Morgan fingerprint density at radius 2 is 1.85 bits per heavy atom. The van der Waals surface area contributed by atoms with Crippen LogP contribution >= 0.6 is 0 Å². The van der Waals surface area contributed by atoms with Gasteiger partial charge in [0.2, 0.25) is 5.91 Å². The van der Waals surface area contributed by atoms with Crippen molar-refractivity contribution in [1.29, 1.82) is 0 Å². The fourth-order valence-electron chi connectivity index (χ4n) is 1.36. The fraction of sp³-hybridized carbons (Fsp3) is 0.364. The Labute approximate surface area is 79.0 Å². The molecule has 1 aromatic rings. The number of carbonyl (C=O) groups excluding carboxylic acids is 1. The number of amides is 1. The molecule has 0 bridgehead atoms. The van der Waals surface area contributed by atoms with Crippen LogP contribution in [0.3, 0.4) is 0 Å². The van der Waals surface area contributed by atoms with Gasteiger partial charge in [0.15, 0.2) is 0 Å². The van der Waals surface area contributed by atoms with Crippen molar-refractivity contribution in [2.45, 2.75) is 27.7 Å². The summed E-state index contributed by atoms with van der Waals surface area (Å²) in [5.74, 6) is -0.0203. The van der Waals surface area contributed by atoms with Crippen LogP contribution in [0, 0.1) is 20.8 Å². The Morgan fingerprint density at radius 1 is 1.23 bits per heavy atom. The van der Waals surface area contributed by atoms with Crippen LogP contribution in [0.5, 0.6) is 0 Å². The highest BCUT2D eigenvalue weighted by Gasteiger charge is 2.03. The van der Waals surface area contributed by atoms with E-state index in [1.807, 2.05) is 26.8 Å². The highest BCUT2D eigenvalue weighted by Crippen LogP contribution is 2.20. The predicted molar refractivity (Wildman–Crippen MR) is 55.0 cm³/mol. The summed E-state index contributed by atoms with van der Waals surface area (Å²) in [4.78, 5) is 10.9. The molecule has 0 saturated heterocycles. The molecule has 1 N–H and O–H groups in total. The minimum absolute atomic E-state index is 0.0203. The van der Waals surface area contributed by atoms with E-state index in [-0.39, 0.29) is 5.91 Å². The third-order valence-corrected chi connectivity index (χ3v) is 2.12. The zero-order chi connectivity index (χ0) is 10.0. The van der Waals surface area contributed by atoms with Crippen LogP contribution < -0.4 is 5.32 Å². The Morgan fingerprint density at radius 3 is 2.38 bits per heavy atom. The van der Waals surface area contributed by atoms with Crippen molar-refractivity contribution in [3.05, 3.63) is 28.8 Å². The Bertz CT molecular complexity index is 342. The lowest BCUT2D eigenvalue weighted by atomic mass is 10.0. The van der Waals surface area contributed by atoms with Crippen molar-refractivity contribution < 1.29 is 4.79 Å². The molecule has 0 fully saturated rings. The first-order valence-electron chi connectivity index (χ1n) is 4.36. The Hall–Kier alpha value is -1.31. The summed E-state index contributed by atoms with van der Waals surface area (Å²) in [6.45, 7) is 7.61. The normalized spacial score (nSPS) is 9.85. The van der Waals surface area contributed by atoms with Crippen LogP contribution in [0.1, 0.15) is 23.6 Å². The standard InChI is InChI=1S/C11H15NO/c1-7-5-8(2)9(3)11(6-7)12-10(4)13/h5-6H,1-4H3,(H,12,13). The molecule has 70 valence electrons. The zero-order valence-corrected chi connectivity index (χ0v) is 8.56. The summed E-state index contributed by atoms with van der Waals surface area (Å²) in [5, 5.41) is 2.82. The second-order valence-corrected chi connectivity index (χ2v) is 3.44. The maximum atomic E-state index is 10.9. The molecule has 0 aromatic heterocycles. The van der Waals surface area contributed by atoms with Gasteiger partial charge in [-0.15, -0.1) is 0 Å². The van der Waals surface area contributed by atoms with Crippen molar-refractivity contribution in [1.82, 2.24) is 0 Å².